The molecule has 7 nitrogen and oxygen atoms in total. The number of nitrogens with one attached hydrogen (secondary N) is 1. The van der Waals surface area contributed by atoms with Gasteiger partial charge in [-0.15, -0.1) is 0 Å². The highest BCUT2D eigenvalue weighted by atomic mass is 32.2. The van der Waals surface area contributed by atoms with Gasteiger partial charge >= 0.3 is 5.97 Å². The molecule has 0 aromatic heterocycles. The van der Waals surface area contributed by atoms with Crippen molar-refractivity contribution >= 4 is 21.9 Å². The Morgan fingerprint density at radius 2 is 1.72 bits per heavy atom. The van der Waals surface area contributed by atoms with Crippen molar-refractivity contribution in [2.24, 2.45) is 0 Å². The van der Waals surface area contributed by atoms with Crippen LogP contribution in [0.15, 0.2) is 53.4 Å². The number of esters is 1. The number of nitrogens with zero attached hydrogens (tertiary/aromatic N) is 1. The standard InChI is InChI=1S/C21H26N2O5S/c1-4-23(5-2)29(26,27)19-12-8-11-17(13-19)21(25)28-15-20(24)22-14-18-10-7-6-9-16(18)3/h6-13H,4-5,14-15H2,1-3H3,(H,22,24). The van der Waals surface area contributed by atoms with Crippen LogP contribution in [0.1, 0.15) is 35.3 Å². The molecule has 156 valence electrons. The Kier molecular flexibility index (Phi) is 7.92. The van der Waals surface area contributed by atoms with Gasteiger partial charge in [0.05, 0.1) is 10.5 Å². The Balaban J connectivity index is 1.97. The van der Waals surface area contributed by atoms with Crippen LogP contribution in [0, 0.1) is 6.92 Å². The van der Waals surface area contributed by atoms with Crippen LogP contribution in [0.25, 0.3) is 0 Å². The molecule has 0 saturated carbocycles. The maximum absolute atomic E-state index is 12.6. The van der Waals surface area contributed by atoms with Gasteiger partial charge in [-0.25, -0.2) is 13.2 Å². The molecule has 0 aliphatic carbocycles. The van der Waals surface area contributed by atoms with Gasteiger partial charge in [0.1, 0.15) is 0 Å². The molecule has 0 atom stereocenters. The third-order valence-electron chi connectivity index (χ3n) is 4.48. The van der Waals surface area contributed by atoms with Crippen molar-refractivity contribution in [3.63, 3.8) is 0 Å². The van der Waals surface area contributed by atoms with E-state index in [0.29, 0.717) is 19.6 Å². The summed E-state index contributed by atoms with van der Waals surface area (Å²) in [7, 11) is -3.69. The summed E-state index contributed by atoms with van der Waals surface area (Å²) in [4.78, 5) is 24.2. The summed E-state index contributed by atoms with van der Waals surface area (Å²) in [5.74, 6) is -1.19. The zero-order valence-electron chi connectivity index (χ0n) is 16.8. The largest absolute Gasteiger partial charge is 0.452 e. The number of benzene rings is 2. The van der Waals surface area contributed by atoms with E-state index in [1.807, 2.05) is 31.2 Å². The van der Waals surface area contributed by atoms with Crippen LogP contribution < -0.4 is 5.32 Å². The van der Waals surface area contributed by atoms with Crippen LogP contribution in [-0.2, 0) is 26.1 Å². The first-order chi connectivity index (χ1) is 13.8. The number of hydrogen-bond donors (Lipinski definition) is 1. The van der Waals surface area contributed by atoms with Crippen molar-refractivity contribution in [1.82, 2.24) is 9.62 Å². The lowest BCUT2D eigenvalue weighted by atomic mass is 10.1. The fourth-order valence-corrected chi connectivity index (χ4v) is 4.27. The number of carbonyl (C=O) groups is 2. The van der Waals surface area contributed by atoms with E-state index in [2.05, 4.69) is 5.32 Å². The van der Waals surface area contributed by atoms with E-state index in [9.17, 15) is 18.0 Å². The van der Waals surface area contributed by atoms with Crippen molar-refractivity contribution in [2.75, 3.05) is 19.7 Å². The Bertz CT molecular complexity index is 969. The van der Waals surface area contributed by atoms with Crippen molar-refractivity contribution in [3.8, 4) is 0 Å². The van der Waals surface area contributed by atoms with Crippen molar-refractivity contribution in [1.29, 1.82) is 0 Å². The third kappa shape index (κ3) is 5.88. The third-order valence-corrected chi connectivity index (χ3v) is 6.53. The molecule has 0 heterocycles. The number of ether oxygens (including phenoxy) is 1. The van der Waals surface area contributed by atoms with Crippen molar-refractivity contribution < 1.29 is 22.7 Å². The second-order valence-corrected chi connectivity index (χ2v) is 8.33. The molecule has 2 aromatic rings. The van der Waals surface area contributed by atoms with Gasteiger partial charge in [-0.3, -0.25) is 4.79 Å². The van der Waals surface area contributed by atoms with Gasteiger partial charge in [-0.2, -0.15) is 4.31 Å². The van der Waals surface area contributed by atoms with E-state index >= 15 is 0 Å². The molecular weight excluding hydrogens is 392 g/mol. The van der Waals surface area contributed by atoms with Gasteiger partial charge in [0.15, 0.2) is 6.61 Å². The van der Waals surface area contributed by atoms with Crippen molar-refractivity contribution in [2.45, 2.75) is 32.2 Å². The summed E-state index contributed by atoms with van der Waals surface area (Å²) < 4.78 is 31.5. The van der Waals surface area contributed by atoms with Crippen LogP contribution in [-0.4, -0.2) is 44.3 Å². The van der Waals surface area contributed by atoms with Gasteiger partial charge in [-0.05, 0) is 36.2 Å². The average Bonchev–Trinajstić information content (AvgIpc) is 2.72. The zero-order valence-corrected chi connectivity index (χ0v) is 17.7. The van der Waals surface area contributed by atoms with Crippen molar-refractivity contribution in [3.05, 3.63) is 65.2 Å². The molecule has 0 unspecified atom stereocenters. The van der Waals surface area contributed by atoms with E-state index in [-0.39, 0.29) is 10.5 Å². The van der Waals surface area contributed by atoms with Crippen LogP contribution in [0.5, 0.6) is 0 Å². The minimum absolute atomic E-state index is 0.0136. The highest BCUT2D eigenvalue weighted by Gasteiger charge is 2.23. The molecule has 8 heteroatoms. The Labute approximate surface area is 171 Å². The summed E-state index contributed by atoms with van der Waals surface area (Å²) >= 11 is 0. The quantitative estimate of drug-likeness (QED) is 0.632. The first kappa shape index (κ1) is 22.6. The fourth-order valence-electron chi connectivity index (χ4n) is 2.76. The van der Waals surface area contributed by atoms with E-state index in [1.54, 1.807) is 13.8 Å². The predicted molar refractivity (Wildman–Crippen MR) is 110 cm³/mol. The van der Waals surface area contributed by atoms with E-state index in [1.165, 1.54) is 28.6 Å². The number of hydrogen-bond acceptors (Lipinski definition) is 5. The molecule has 1 N–H and O–H groups in total. The van der Waals surface area contributed by atoms with Crippen LogP contribution in [0.4, 0.5) is 0 Å². The van der Waals surface area contributed by atoms with E-state index < -0.39 is 28.5 Å². The van der Waals surface area contributed by atoms with Gasteiger partial charge in [0, 0.05) is 19.6 Å². The molecule has 0 radical (unpaired) electrons. The Morgan fingerprint density at radius 3 is 2.38 bits per heavy atom. The number of aryl methyl sites for hydroxylation is 1. The number of carbonyl (C=O) groups excluding carboxylic acids is 2. The highest BCUT2D eigenvalue weighted by Crippen LogP contribution is 2.17. The number of sulfonamides is 1. The second-order valence-electron chi connectivity index (χ2n) is 6.40. The molecule has 0 fully saturated rings. The summed E-state index contributed by atoms with van der Waals surface area (Å²) in [5.41, 5.74) is 2.10. The van der Waals surface area contributed by atoms with Gasteiger partial charge in [-0.1, -0.05) is 44.2 Å². The topological polar surface area (TPSA) is 92.8 Å². The van der Waals surface area contributed by atoms with Gasteiger partial charge < -0.3 is 10.1 Å². The summed E-state index contributed by atoms with van der Waals surface area (Å²) in [6.45, 7) is 5.98. The van der Waals surface area contributed by atoms with E-state index in [4.69, 9.17) is 4.74 Å². The van der Waals surface area contributed by atoms with Crippen LogP contribution in [0.2, 0.25) is 0 Å². The molecular formula is C21H26N2O5S. The number of rotatable bonds is 9. The smallest absolute Gasteiger partial charge is 0.338 e. The monoisotopic (exact) mass is 418 g/mol. The lowest BCUT2D eigenvalue weighted by Crippen LogP contribution is -2.31. The SMILES string of the molecule is CCN(CC)S(=O)(=O)c1cccc(C(=O)OCC(=O)NCc2ccccc2C)c1. The minimum Gasteiger partial charge on any atom is -0.452 e. The molecule has 0 spiro atoms. The summed E-state index contributed by atoms with van der Waals surface area (Å²) in [6.07, 6.45) is 0. The normalized spacial score (nSPS) is 11.3. The Hall–Kier alpha value is -2.71. The van der Waals surface area contributed by atoms with E-state index in [0.717, 1.165) is 11.1 Å². The lowest BCUT2D eigenvalue weighted by molar-refractivity contribution is -0.124. The predicted octanol–water partition coefficient (Wildman–Crippen LogP) is 2.50. The molecule has 2 aromatic carbocycles. The molecule has 0 bridgehead atoms. The lowest BCUT2D eigenvalue weighted by Gasteiger charge is -2.18. The average molecular weight is 419 g/mol. The fraction of sp³-hybridized carbons (Fsp3) is 0.333. The van der Waals surface area contributed by atoms with Crippen LogP contribution >= 0.6 is 0 Å². The molecule has 29 heavy (non-hydrogen) atoms. The van der Waals surface area contributed by atoms with Crippen LogP contribution in [0.3, 0.4) is 0 Å². The summed E-state index contributed by atoms with van der Waals surface area (Å²) in [5, 5.41) is 2.69. The highest BCUT2D eigenvalue weighted by molar-refractivity contribution is 7.89. The molecule has 0 saturated heterocycles. The summed E-state index contributed by atoms with van der Waals surface area (Å²) in [6, 6.07) is 13.3. The molecule has 0 aliphatic rings. The molecule has 0 aliphatic heterocycles. The van der Waals surface area contributed by atoms with Gasteiger partial charge in [0.2, 0.25) is 10.0 Å². The Morgan fingerprint density at radius 1 is 1.03 bits per heavy atom. The molecule has 1 amide bonds. The maximum atomic E-state index is 12.6. The number of amides is 1. The maximum Gasteiger partial charge on any atom is 0.338 e. The minimum atomic E-state index is -3.69. The zero-order chi connectivity index (χ0) is 21.4. The first-order valence-corrected chi connectivity index (χ1v) is 10.8. The second kappa shape index (κ2) is 10.2. The first-order valence-electron chi connectivity index (χ1n) is 9.38. The molecule has 2 rings (SSSR count). The van der Waals surface area contributed by atoms with Gasteiger partial charge in [0.25, 0.3) is 5.91 Å².